The summed E-state index contributed by atoms with van der Waals surface area (Å²) in [7, 11) is 0. The van der Waals surface area contributed by atoms with Gasteiger partial charge in [-0.2, -0.15) is 4.89 Å². The van der Waals surface area contributed by atoms with Crippen LogP contribution in [0, 0.1) is 0 Å². The molecule has 0 bridgehead atoms. The van der Waals surface area contributed by atoms with E-state index in [4.69, 9.17) is 9.78 Å². The van der Waals surface area contributed by atoms with Crippen LogP contribution in [0.3, 0.4) is 0 Å². The van der Waals surface area contributed by atoms with Crippen LogP contribution in [0.25, 0.3) is 0 Å². The molecule has 90 valence electrons. The van der Waals surface area contributed by atoms with Crippen molar-refractivity contribution in [3.8, 4) is 5.75 Å². The largest absolute Gasteiger partial charge is 0.334 e. The third-order valence-corrected chi connectivity index (χ3v) is 2.30. The van der Waals surface area contributed by atoms with Gasteiger partial charge in [-0.3, -0.25) is 0 Å². The number of hydrogen-bond donors (Lipinski definition) is 0. The summed E-state index contributed by atoms with van der Waals surface area (Å²) in [5.74, 6) is 0.917. The first-order valence-corrected chi connectivity index (χ1v) is 5.71. The third kappa shape index (κ3) is 3.81. The molecule has 0 aliphatic rings. The third-order valence-electron chi connectivity index (χ3n) is 2.30. The molecule has 0 saturated heterocycles. The highest BCUT2D eigenvalue weighted by atomic mass is 19.1. The van der Waals surface area contributed by atoms with Crippen LogP contribution in [0.2, 0.25) is 0 Å². The Morgan fingerprint density at radius 2 is 1.94 bits per heavy atom. The zero-order chi connectivity index (χ0) is 12.0. The molecule has 2 nitrogen and oxygen atoms in total. The molecule has 0 radical (unpaired) electrons. The zero-order valence-electron chi connectivity index (χ0n) is 10.1. The molecular weight excluding hydrogens is 207 g/mol. The molecule has 1 aromatic carbocycles. The van der Waals surface area contributed by atoms with Gasteiger partial charge in [0.05, 0.1) is 0 Å². The van der Waals surface area contributed by atoms with E-state index in [0.717, 1.165) is 12.0 Å². The molecule has 0 fully saturated rings. The van der Waals surface area contributed by atoms with E-state index >= 15 is 0 Å². The molecule has 3 heteroatoms. The van der Waals surface area contributed by atoms with Crippen molar-refractivity contribution < 1.29 is 14.2 Å². The molecule has 1 unspecified atom stereocenters. The Hall–Kier alpha value is -1.09. The van der Waals surface area contributed by atoms with E-state index in [2.05, 4.69) is 13.8 Å². The lowest BCUT2D eigenvalue weighted by atomic mass is 10.0. The molecule has 0 aromatic heterocycles. The molecular formula is C13H19FO2. The second-order valence-electron chi connectivity index (χ2n) is 4.07. The van der Waals surface area contributed by atoms with Crippen LogP contribution in [0.15, 0.2) is 24.3 Å². The lowest BCUT2D eigenvalue weighted by Gasteiger charge is -2.13. The van der Waals surface area contributed by atoms with Crippen LogP contribution in [0.5, 0.6) is 5.75 Å². The number of rotatable bonds is 6. The van der Waals surface area contributed by atoms with Gasteiger partial charge in [-0.15, -0.1) is 0 Å². The summed E-state index contributed by atoms with van der Waals surface area (Å²) in [5.41, 5.74) is 1.02. The maximum absolute atomic E-state index is 13.1. The van der Waals surface area contributed by atoms with E-state index in [0.29, 0.717) is 18.1 Å². The fourth-order valence-corrected chi connectivity index (χ4v) is 1.41. The Bertz CT molecular complexity index is 313. The summed E-state index contributed by atoms with van der Waals surface area (Å²) in [6, 6.07) is 7.52. The van der Waals surface area contributed by atoms with Crippen LogP contribution in [0.1, 0.15) is 45.1 Å². The fraction of sp³-hybridized carbons (Fsp3) is 0.538. The predicted octanol–water partition coefficient (Wildman–Crippen LogP) is 4.22. The maximum atomic E-state index is 13.1. The summed E-state index contributed by atoms with van der Waals surface area (Å²) >= 11 is 0. The van der Waals surface area contributed by atoms with Crippen molar-refractivity contribution in [2.75, 3.05) is 0 Å². The minimum atomic E-state index is -1.36. The second kappa shape index (κ2) is 6.48. The Kier molecular flexibility index (Phi) is 5.26. The standard InChI is InChI=1S/C13H19FO2/c1-4-7-13(14)16-15-12-9-6-5-8-11(12)10(2)3/h5-6,8-10,13H,4,7H2,1-3H3. The summed E-state index contributed by atoms with van der Waals surface area (Å²) < 4.78 is 13.1. The van der Waals surface area contributed by atoms with Gasteiger partial charge in [0.15, 0.2) is 5.75 Å². The molecule has 1 atom stereocenters. The second-order valence-corrected chi connectivity index (χ2v) is 4.07. The molecule has 0 aliphatic heterocycles. The minimum absolute atomic E-state index is 0.323. The molecule has 0 N–H and O–H groups in total. The van der Waals surface area contributed by atoms with Crippen LogP contribution in [-0.2, 0) is 4.89 Å². The van der Waals surface area contributed by atoms with Crippen molar-refractivity contribution >= 4 is 0 Å². The van der Waals surface area contributed by atoms with Crippen LogP contribution >= 0.6 is 0 Å². The first kappa shape index (κ1) is 13.0. The van der Waals surface area contributed by atoms with Crippen LogP contribution in [-0.4, -0.2) is 6.36 Å². The van der Waals surface area contributed by atoms with E-state index in [1.54, 1.807) is 6.07 Å². The van der Waals surface area contributed by atoms with Crippen molar-refractivity contribution in [2.24, 2.45) is 0 Å². The SMILES string of the molecule is CCCC(F)OOc1ccccc1C(C)C. The number of hydrogen-bond acceptors (Lipinski definition) is 2. The Labute approximate surface area is 96.3 Å². The lowest BCUT2D eigenvalue weighted by molar-refractivity contribution is -0.283. The summed E-state index contributed by atoms with van der Waals surface area (Å²) in [6.45, 7) is 6.01. The zero-order valence-corrected chi connectivity index (χ0v) is 10.1. The topological polar surface area (TPSA) is 18.5 Å². The number of halogens is 1. The normalized spacial score (nSPS) is 12.8. The van der Waals surface area contributed by atoms with Crippen molar-refractivity contribution in [1.29, 1.82) is 0 Å². The highest BCUT2D eigenvalue weighted by Gasteiger charge is 2.11. The highest BCUT2D eigenvalue weighted by Crippen LogP contribution is 2.26. The lowest BCUT2D eigenvalue weighted by Crippen LogP contribution is -2.10. The van der Waals surface area contributed by atoms with Gasteiger partial charge in [-0.25, -0.2) is 4.39 Å². The van der Waals surface area contributed by atoms with Crippen molar-refractivity contribution in [3.63, 3.8) is 0 Å². The summed E-state index contributed by atoms with van der Waals surface area (Å²) in [5, 5.41) is 0. The molecule has 1 aromatic rings. The monoisotopic (exact) mass is 226 g/mol. The van der Waals surface area contributed by atoms with Crippen LogP contribution in [0.4, 0.5) is 4.39 Å². The highest BCUT2D eigenvalue weighted by molar-refractivity contribution is 5.34. The first-order valence-electron chi connectivity index (χ1n) is 5.71. The van der Waals surface area contributed by atoms with Gasteiger partial charge in [0.25, 0.3) is 0 Å². The summed E-state index contributed by atoms with van der Waals surface area (Å²) in [6.07, 6.45) is -0.273. The molecule has 0 spiro atoms. The first-order chi connectivity index (χ1) is 7.65. The fourth-order valence-electron chi connectivity index (χ4n) is 1.41. The smallest absolute Gasteiger partial charge is 0.243 e. The molecule has 1 rings (SSSR count). The maximum Gasteiger partial charge on any atom is 0.243 e. The number of benzene rings is 1. The van der Waals surface area contributed by atoms with Crippen molar-refractivity contribution in [1.82, 2.24) is 0 Å². The van der Waals surface area contributed by atoms with Gasteiger partial charge < -0.3 is 4.89 Å². The average Bonchev–Trinajstić information content (AvgIpc) is 2.27. The molecule has 0 amide bonds. The van der Waals surface area contributed by atoms with Gasteiger partial charge in [-0.1, -0.05) is 45.4 Å². The predicted molar refractivity (Wildman–Crippen MR) is 62.0 cm³/mol. The Morgan fingerprint density at radius 1 is 1.25 bits per heavy atom. The van der Waals surface area contributed by atoms with Crippen LogP contribution < -0.4 is 4.89 Å². The van der Waals surface area contributed by atoms with Gasteiger partial charge >= 0.3 is 0 Å². The Morgan fingerprint density at radius 3 is 2.56 bits per heavy atom. The van der Waals surface area contributed by atoms with E-state index in [-0.39, 0.29) is 0 Å². The molecule has 0 saturated carbocycles. The average molecular weight is 226 g/mol. The molecule has 0 aliphatic carbocycles. The molecule has 16 heavy (non-hydrogen) atoms. The minimum Gasteiger partial charge on any atom is -0.334 e. The van der Waals surface area contributed by atoms with Gasteiger partial charge in [0, 0.05) is 12.0 Å². The summed E-state index contributed by atoms with van der Waals surface area (Å²) in [4.78, 5) is 9.73. The van der Waals surface area contributed by atoms with E-state index in [1.165, 1.54) is 0 Å². The van der Waals surface area contributed by atoms with Gasteiger partial charge in [0.1, 0.15) is 0 Å². The van der Waals surface area contributed by atoms with E-state index < -0.39 is 6.36 Å². The van der Waals surface area contributed by atoms with Crippen molar-refractivity contribution in [3.05, 3.63) is 29.8 Å². The Balaban J connectivity index is 2.59. The van der Waals surface area contributed by atoms with Crippen molar-refractivity contribution in [2.45, 2.75) is 45.9 Å². The van der Waals surface area contributed by atoms with Gasteiger partial charge in [0.2, 0.25) is 6.36 Å². The van der Waals surface area contributed by atoms with E-state index in [9.17, 15) is 4.39 Å². The number of para-hydroxylation sites is 1. The van der Waals surface area contributed by atoms with E-state index in [1.807, 2.05) is 25.1 Å². The molecule has 0 heterocycles. The van der Waals surface area contributed by atoms with Gasteiger partial charge in [-0.05, 0) is 12.0 Å². The number of alkyl halides is 1. The quantitative estimate of drug-likeness (QED) is 0.534.